The van der Waals surface area contributed by atoms with E-state index in [4.69, 9.17) is 0 Å². The second-order valence-electron chi connectivity index (χ2n) is 5.35. The topological polar surface area (TPSA) is 35.5 Å². The molecule has 0 aromatic carbocycles. The quantitative estimate of drug-likeness (QED) is 0.731. The Morgan fingerprint density at radius 3 is 2.67 bits per heavy atom. The average Bonchev–Trinajstić information content (AvgIpc) is 2.15. The van der Waals surface area contributed by atoms with Gasteiger partial charge in [-0.15, -0.1) is 0 Å². The lowest BCUT2D eigenvalue weighted by Gasteiger charge is -2.36. The predicted molar refractivity (Wildman–Crippen MR) is 63.9 cm³/mol. The van der Waals surface area contributed by atoms with Crippen LogP contribution in [0, 0.1) is 11.8 Å². The largest absolute Gasteiger partial charge is 0.392 e. The molecular weight excluding hydrogens is 188 g/mol. The van der Waals surface area contributed by atoms with Crippen molar-refractivity contribution < 1.29 is 5.11 Å². The Labute approximate surface area is 93.9 Å². The zero-order chi connectivity index (χ0) is 11.4. The molecule has 0 spiro atoms. The highest BCUT2D eigenvalue weighted by molar-refractivity contribution is 4.82. The minimum absolute atomic E-state index is 0.211. The summed E-state index contributed by atoms with van der Waals surface area (Å²) in [5.74, 6) is 1.03. The Hall–Kier alpha value is -0.120. The van der Waals surface area contributed by atoms with Crippen molar-refractivity contribution in [2.75, 3.05) is 26.7 Å². The second-order valence-corrected chi connectivity index (χ2v) is 5.35. The summed E-state index contributed by atoms with van der Waals surface area (Å²) in [5.41, 5.74) is 0. The van der Waals surface area contributed by atoms with E-state index in [1.54, 1.807) is 0 Å². The van der Waals surface area contributed by atoms with E-state index in [0.29, 0.717) is 17.9 Å². The lowest BCUT2D eigenvalue weighted by molar-refractivity contribution is 0.105. The van der Waals surface area contributed by atoms with Crippen molar-refractivity contribution in [3.8, 4) is 0 Å². The van der Waals surface area contributed by atoms with Gasteiger partial charge in [0.1, 0.15) is 0 Å². The van der Waals surface area contributed by atoms with Gasteiger partial charge in [-0.3, -0.25) is 0 Å². The number of rotatable bonds is 4. The minimum atomic E-state index is -0.211. The summed E-state index contributed by atoms with van der Waals surface area (Å²) in [6.07, 6.45) is 0.986. The van der Waals surface area contributed by atoms with Gasteiger partial charge in [-0.25, -0.2) is 0 Å². The molecule has 1 rings (SSSR count). The zero-order valence-corrected chi connectivity index (χ0v) is 10.5. The fourth-order valence-corrected chi connectivity index (χ4v) is 2.17. The van der Waals surface area contributed by atoms with Gasteiger partial charge < -0.3 is 15.3 Å². The van der Waals surface area contributed by atoms with Gasteiger partial charge in [0.15, 0.2) is 0 Å². The second kappa shape index (κ2) is 5.83. The van der Waals surface area contributed by atoms with Crippen molar-refractivity contribution in [3.63, 3.8) is 0 Å². The first-order chi connectivity index (χ1) is 7.00. The van der Waals surface area contributed by atoms with Crippen molar-refractivity contribution in [3.05, 3.63) is 0 Å². The summed E-state index contributed by atoms with van der Waals surface area (Å²) in [6.45, 7) is 9.47. The summed E-state index contributed by atoms with van der Waals surface area (Å²) in [7, 11) is 2.18. The molecule has 15 heavy (non-hydrogen) atoms. The monoisotopic (exact) mass is 214 g/mol. The van der Waals surface area contributed by atoms with Crippen LogP contribution in [-0.4, -0.2) is 48.8 Å². The van der Waals surface area contributed by atoms with Gasteiger partial charge in [-0.05, 0) is 31.8 Å². The van der Waals surface area contributed by atoms with Crippen molar-refractivity contribution >= 4 is 0 Å². The number of hydrogen-bond acceptors (Lipinski definition) is 3. The lowest BCUT2D eigenvalue weighted by atomic mass is 9.94. The molecule has 0 bridgehead atoms. The van der Waals surface area contributed by atoms with Gasteiger partial charge >= 0.3 is 0 Å². The fourth-order valence-electron chi connectivity index (χ4n) is 2.17. The first-order valence-corrected chi connectivity index (χ1v) is 6.10. The SMILES string of the molecule is CC(C)C(O)CNC1CCN(C)CC1C. The highest BCUT2D eigenvalue weighted by Crippen LogP contribution is 2.15. The van der Waals surface area contributed by atoms with E-state index < -0.39 is 0 Å². The normalized spacial score (nSPS) is 30.8. The highest BCUT2D eigenvalue weighted by atomic mass is 16.3. The van der Waals surface area contributed by atoms with Gasteiger partial charge in [0.05, 0.1) is 6.10 Å². The molecule has 3 atom stereocenters. The number of piperidine rings is 1. The highest BCUT2D eigenvalue weighted by Gasteiger charge is 2.24. The van der Waals surface area contributed by atoms with Gasteiger partial charge in [0.2, 0.25) is 0 Å². The van der Waals surface area contributed by atoms with E-state index in [0.717, 1.165) is 13.1 Å². The summed E-state index contributed by atoms with van der Waals surface area (Å²) < 4.78 is 0. The van der Waals surface area contributed by atoms with Crippen LogP contribution in [0.4, 0.5) is 0 Å². The predicted octanol–water partition coefficient (Wildman–Crippen LogP) is 0.933. The van der Waals surface area contributed by atoms with E-state index >= 15 is 0 Å². The zero-order valence-electron chi connectivity index (χ0n) is 10.5. The molecule has 2 N–H and O–H groups in total. The Balaban J connectivity index is 2.26. The van der Waals surface area contributed by atoms with E-state index in [-0.39, 0.29) is 6.10 Å². The van der Waals surface area contributed by atoms with Crippen LogP contribution in [0.1, 0.15) is 27.2 Å². The Kier molecular flexibility index (Phi) is 5.03. The molecule has 0 amide bonds. The third kappa shape index (κ3) is 4.09. The Morgan fingerprint density at radius 2 is 2.13 bits per heavy atom. The Morgan fingerprint density at radius 1 is 1.47 bits per heavy atom. The summed E-state index contributed by atoms with van der Waals surface area (Å²) in [4.78, 5) is 2.38. The average molecular weight is 214 g/mol. The third-order valence-corrected chi connectivity index (χ3v) is 3.47. The molecule has 1 fully saturated rings. The van der Waals surface area contributed by atoms with Gasteiger partial charge in [0.25, 0.3) is 0 Å². The molecule has 3 nitrogen and oxygen atoms in total. The van der Waals surface area contributed by atoms with Gasteiger partial charge in [0, 0.05) is 19.1 Å². The van der Waals surface area contributed by atoms with Crippen molar-refractivity contribution in [2.45, 2.75) is 39.3 Å². The molecule has 0 aromatic rings. The van der Waals surface area contributed by atoms with Crippen LogP contribution >= 0.6 is 0 Å². The molecule has 0 aromatic heterocycles. The van der Waals surface area contributed by atoms with Crippen LogP contribution in [0.5, 0.6) is 0 Å². The maximum Gasteiger partial charge on any atom is 0.0687 e. The molecule has 1 aliphatic rings. The van der Waals surface area contributed by atoms with Crippen molar-refractivity contribution in [1.29, 1.82) is 0 Å². The molecule has 0 aliphatic carbocycles. The standard InChI is InChI=1S/C12H26N2O/c1-9(2)12(15)7-13-11-5-6-14(4)8-10(11)3/h9-13,15H,5-8H2,1-4H3. The van der Waals surface area contributed by atoms with E-state index in [9.17, 15) is 5.11 Å². The Bertz CT molecular complexity index is 184. The molecule has 90 valence electrons. The summed E-state index contributed by atoms with van der Waals surface area (Å²) in [6, 6.07) is 0.578. The van der Waals surface area contributed by atoms with Gasteiger partial charge in [-0.1, -0.05) is 20.8 Å². The first kappa shape index (κ1) is 12.9. The minimum Gasteiger partial charge on any atom is -0.392 e. The van der Waals surface area contributed by atoms with Crippen LogP contribution in [0.3, 0.4) is 0 Å². The maximum atomic E-state index is 9.72. The summed E-state index contributed by atoms with van der Waals surface area (Å²) in [5, 5.41) is 13.2. The van der Waals surface area contributed by atoms with Gasteiger partial charge in [-0.2, -0.15) is 0 Å². The smallest absolute Gasteiger partial charge is 0.0687 e. The maximum absolute atomic E-state index is 9.72. The molecule has 1 aliphatic heterocycles. The molecule has 1 heterocycles. The van der Waals surface area contributed by atoms with Crippen LogP contribution in [-0.2, 0) is 0 Å². The number of aliphatic hydroxyl groups is 1. The first-order valence-electron chi connectivity index (χ1n) is 6.10. The number of hydrogen-bond donors (Lipinski definition) is 2. The van der Waals surface area contributed by atoms with Crippen LogP contribution in [0.15, 0.2) is 0 Å². The van der Waals surface area contributed by atoms with Crippen LogP contribution < -0.4 is 5.32 Å². The van der Waals surface area contributed by atoms with E-state index in [1.807, 2.05) is 0 Å². The molecule has 0 saturated carbocycles. The van der Waals surface area contributed by atoms with Crippen LogP contribution in [0.25, 0.3) is 0 Å². The summed E-state index contributed by atoms with van der Waals surface area (Å²) >= 11 is 0. The molecule has 1 saturated heterocycles. The molecule has 3 unspecified atom stereocenters. The number of nitrogens with zero attached hydrogens (tertiary/aromatic N) is 1. The molecular formula is C12H26N2O. The van der Waals surface area contributed by atoms with E-state index in [1.165, 1.54) is 13.0 Å². The number of aliphatic hydroxyl groups excluding tert-OH is 1. The lowest BCUT2D eigenvalue weighted by Crippen LogP contribution is -2.49. The van der Waals surface area contributed by atoms with E-state index in [2.05, 4.69) is 38.0 Å². The van der Waals surface area contributed by atoms with Crippen molar-refractivity contribution in [1.82, 2.24) is 10.2 Å². The number of likely N-dealkylation sites (tertiary alicyclic amines) is 1. The van der Waals surface area contributed by atoms with Crippen molar-refractivity contribution in [2.24, 2.45) is 11.8 Å². The number of nitrogens with one attached hydrogen (secondary N) is 1. The van der Waals surface area contributed by atoms with Crippen LogP contribution in [0.2, 0.25) is 0 Å². The molecule has 3 heteroatoms. The molecule has 0 radical (unpaired) electrons. The fraction of sp³-hybridized carbons (Fsp3) is 1.00. The third-order valence-electron chi connectivity index (χ3n) is 3.47.